The molecule has 4 heteroatoms. The van der Waals surface area contributed by atoms with Crippen molar-refractivity contribution < 1.29 is 9.53 Å². The smallest absolute Gasteiger partial charge is 0.241 e. The van der Waals surface area contributed by atoms with Gasteiger partial charge in [0.25, 0.3) is 0 Å². The Labute approximate surface area is 104 Å². The third-order valence-electron chi connectivity index (χ3n) is 3.79. The fraction of sp³-hybridized carbons (Fsp3) is 0.923. The minimum Gasteiger partial charge on any atom is -0.381 e. The Morgan fingerprint density at radius 2 is 2.29 bits per heavy atom. The van der Waals surface area contributed by atoms with Gasteiger partial charge >= 0.3 is 0 Å². The molecule has 3 atom stereocenters. The summed E-state index contributed by atoms with van der Waals surface area (Å²) in [6.07, 6.45) is 1.91. The van der Waals surface area contributed by atoms with E-state index in [0.29, 0.717) is 24.5 Å². The summed E-state index contributed by atoms with van der Waals surface area (Å²) < 4.78 is 5.44. The molecule has 0 aliphatic carbocycles. The van der Waals surface area contributed by atoms with E-state index in [1.165, 1.54) is 0 Å². The highest BCUT2D eigenvalue weighted by Gasteiger charge is 2.38. The van der Waals surface area contributed by atoms with Crippen molar-refractivity contribution in [3.05, 3.63) is 0 Å². The maximum atomic E-state index is 12.3. The first kappa shape index (κ1) is 12.8. The van der Waals surface area contributed by atoms with Gasteiger partial charge in [-0.3, -0.25) is 10.1 Å². The fourth-order valence-corrected chi connectivity index (χ4v) is 2.84. The Kier molecular flexibility index (Phi) is 4.05. The van der Waals surface area contributed by atoms with Crippen LogP contribution in [0.4, 0.5) is 0 Å². The summed E-state index contributed by atoms with van der Waals surface area (Å²) in [6.45, 7) is 8.78. The highest BCUT2D eigenvalue weighted by Crippen LogP contribution is 2.24. The van der Waals surface area contributed by atoms with Crippen LogP contribution in [0.2, 0.25) is 0 Å². The third-order valence-corrected chi connectivity index (χ3v) is 3.79. The molecule has 17 heavy (non-hydrogen) atoms. The monoisotopic (exact) mass is 240 g/mol. The Morgan fingerprint density at radius 1 is 1.53 bits per heavy atom. The number of rotatable bonds is 3. The summed E-state index contributed by atoms with van der Waals surface area (Å²) in [6, 6.07) is 0.394. The Balaban J connectivity index is 1.96. The first-order valence-corrected chi connectivity index (χ1v) is 6.71. The van der Waals surface area contributed by atoms with E-state index in [4.69, 9.17) is 4.74 Å². The molecule has 0 spiro atoms. The van der Waals surface area contributed by atoms with E-state index in [-0.39, 0.29) is 11.9 Å². The number of carbonyl (C=O) groups excluding carboxylic acids is 1. The van der Waals surface area contributed by atoms with Crippen LogP contribution in [0.15, 0.2) is 0 Å². The number of hydrogen-bond acceptors (Lipinski definition) is 3. The Bertz CT molecular complexity index is 281. The van der Waals surface area contributed by atoms with Gasteiger partial charge in [-0.25, -0.2) is 0 Å². The summed E-state index contributed by atoms with van der Waals surface area (Å²) in [5, 5.41) is 3.34. The molecule has 0 aromatic rings. The lowest BCUT2D eigenvalue weighted by atomic mass is 9.95. The zero-order valence-electron chi connectivity index (χ0n) is 11.1. The zero-order chi connectivity index (χ0) is 12.4. The molecule has 2 fully saturated rings. The molecule has 1 amide bonds. The van der Waals surface area contributed by atoms with Crippen LogP contribution in [0.25, 0.3) is 0 Å². The van der Waals surface area contributed by atoms with Gasteiger partial charge in [0.2, 0.25) is 5.91 Å². The summed E-state index contributed by atoms with van der Waals surface area (Å²) in [4.78, 5) is 14.3. The lowest BCUT2D eigenvalue weighted by Gasteiger charge is -2.35. The molecule has 2 rings (SSSR count). The van der Waals surface area contributed by atoms with Crippen molar-refractivity contribution in [3.63, 3.8) is 0 Å². The maximum absolute atomic E-state index is 12.3. The molecule has 3 unspecified atom stereocenters. The van der Waals surface area contributed by atoms with Gasteiger partial charge < -0.3 is 9.64 Å². The van der Waals surface area contributed by atoms with Gasteiger partial charge in [-0.15, -0.1) is 0 Å². The van der Waals surface area contributed by atoms with Crippen molar-refractivity contribution in [3.8, 4) is 0 Å². The average molecular weight is 240 g/mol. The van der Waals surface area contributed by atoms with Crippen molar-refractivity contribution in [2.24, 2.45) is 11.8 Å². The van der Waals surface area contributed by atoms with E-state index in [0.717, 1.165) is 26.1 Å². The van der Waals surface area contributed by atoms with Crippen LogP contribution in [-0.2, 0) is 9.53 Å². The first-order valence-electron chi connectivity index (χ1n) is 6.71. The molecule has 2 aliphatic heterocycles. The lowest BCUT2D eigenvalue weighted by Crippen LogP contribution is -2.46. The molecule has 2 heterocycles. The van der Waals surface area contributed by atoms with E-state index in [9.17, 15) is 4.79 Å². The van der Waals surface area contributed by atoms with Gasteiger partial charge in [0.05, 0.1) is 19.3 Å². The topological polar surface area (TPSA) is 41.6 Å². The quantitative estimate of drug-likeness (QED) is 0.806. The van der Waals surface area contributed by atoms with E-state index < -0.39 is 0 Å². The van der Waals surface area contributed by atoms with Crippen molar-refractivity contribution in [1.82, 2.24) is 10.2 Å². The van der Waals surface area contributed by atoms with Gasteiger partial charge in [0, 0.05) is 18.6 Å². The summed E-state index contributed by atoms with van der Waals surface area (Å²) in [5.74, 6) is 1.30. The van der Waals surface area contributed by atoms with Crippen LogP contribution in [-0.4, -0.2) is 42.8 Å². The van der Waals surface area contributed by atoms with Crippen LogP contribution < -0.4 is 5.32 Å². The average Bonchev–Trinajstić information content (AvgIpc) is 2.61. The summed E-state index contributed by atoms with van der Waals surface area (Å²) in [7, 11) is 0. The Morgan fingerprint density at radius 3 is 2.94 bits per heavy atom. The molecule has 98 valence electrons. The number of carbonyl (C=O) groups is 1. The molecule has 0 saturated carbocycles. The van der Waals surface area contributed by atoms with Crippen LogP contribution >= 0.6 is 0 Å². The SMILES string of the molecule is CC(C)CC1NCN(C2CCOCC2C)C1=O. The minimum absolute atomic E-state index is 0.0324. The van der Waals surface area contributed by atoms with Gasteiger partial charge in [0.15, 0.2) is 0 Å². The molecule has 2 aliphatic rings. The number of ether oxygens (including phenoxy) is 1. The van der Waals surface area contributed by atoms with E-state index in [1.54, 1.807) is 0 Å². The van der Waals surface area contributed by atoms with Gasteiger partial charge in [-0.1, -0.05) is 20.8 Å². The summed E-state index contributed by atoms with van der Waals surface area (Å²) >= 11 is 0. The Hall–Kier alpha value is -0.610. The highest BCUT2D eigenvalue weighted by molar-refractivity contribution is 5.84. The van der Waals surface area contributed by atoms with Crippen molar-refractivity contribution in [1.29, 1.82) is 0 Å². The number of hydrogen-bond donors (Lipinski definition) is 1. The molecule has 0 aromatic carbocycles. The van der Waals surface area contributed by atoms with Gasteiger partial charge in [0.1, 0.15) is 0 Å². The lowest BCUT2D eigenvalue weighted by molar-refractivity contribution is -0.134. The number of amides is 1. The molecular formula is C13H24N2O2. The normalized spacial score (nSPS) is 34.7. The molecular weight excluding hydrogens is 216 g/mol. The van der Waals surface area contributed by atoms with Crippen LogP contribution in [0, 0.1) is 11.8 Å². The predicted molar refractivity (Wildman–Crippen MR) is 66.5 cm³/mol. The van der Waals surface area contributed by atoms with Crippen LogP contribution in [0.3, 0.4) is 0 Å². The van der Waals surface area contributed by atoms with Crippen molar-refractivity contribution in [2.75, 3.05) is 19.9 Å². The van der Waals surface area contributed by atoms with Crippen molar-refractivity contribution in [2.45, 2.75) is 45.7 Å². The van der Waals surface area contributed by atoms with E-state index in [2.05, 4.69) is 26.1 Å². The second kappa shape index (κ2) is 5.36. The van der Waals surface area contributed by atoms with Crippen LogP contribution in [0.5, 0.6) is 0 Å². The second-order valence-electron chi connectivity index (χ2n) is 5.76. The third kappa shape index (κ3) is 2.80. The largest absolute Gasteiger partial charge is 0.381 e. The van der Waals surface area contributed by atoms with Gasteiger partial charge in [-0.2, -0.15) is 0 Å². The zero-order valence-corrected chi connectivity index (χ0v) is 11.1. The standard InChI is InChI=1S/C13H24N2O2/c1-9(2)6-11-13(16)15(8-14-11)12-4-5-17-7-10(12)3/h9-12,14H,4-8H2,1-3H3. The van der Waals surface area contributed by atoms with E-state index in [1.807, 2.05) is 4.90 Å². The van der Waals surface area contributed by atoms with Crippen LogP contribution in [0.1, 0.15) is 33.6 Å². The molecule has 2 saturated heterocycles. The molecule has 0 aromatic heterocycles. The molecule has 1 N–H and O–H groups in total. The molecule has 0 bridgehead atoms. The molecule has 4 nitrogen and oxygen atoms in total. The fourth-order valence-electron chi connectivity index (χ4n) is 2.84. The predicted octanol–water partition coefficient (Wildman–Crippen LogP) is 1.22. The van der Waals surface area contributed by atoms with E-state index >= 15 is 0 Å². The number of nitrogens with zero attached hydrogens (tertiary/aromatic N) is 1. The first-order chi connectivity index (χ1) is 8.09. The molecule has 0 radical (unpaired) electrons. The minimum atomic E-state index is 0.0324. The maximum Gasteiger partial charge on any atom is 0.241 e. The van der Waals surface area contributed by atoms with Gasteiger partial charge in [-0.05, 0) is 18.8 Å². The van der Waals surface area contributed by atoms with Crippen molar-refractivity contribution >= 4 is 5.91 Å². The second-order valence-corrected chi connectivity index (χ2v) is 5.76. The number of nitrogens with one attached hydrogen (secondary N) is 1. The summed E-state index contributed by atoms with van der Waals surface area (Å²) in [5.41, 5.74) is 0. The highest BCUT2D eigenvalue weighted by atomic mass is 16.5.